The molecule has 1 N–H and O–H groups in total. The smallest absolute Gasteiger partial charge is 0.257 e. The molecule has 1 aromatic carbocycles. The first kappa shape index (κ1) is 10.8. The van der Waals surface area contributed by atoms with Crippen LogP contribution in [0.3, 0.4) is 0 Å². The lowest BCUT2D eigenvalue weighted by atomic mass is 10.1. The Morgan fingerprint density at radius 1 is 1.50 bits per heavy atom. The molecule has 0 atom stereocenters. The van der Waals surface area contributed by atoms with Gasteiger partial charge in [-0.25, -0.2) is 9.37 Å². The third-order valence-corrected chi connectivity index (χ3v) is 2.78. The molecule has 0 aliphatic rings. The summed E-state index contributed by atoms with van der Waals surface area (Å²) in [5, 5.41) is 4.85. The van der Waals surface area contributed by atoms with E-state index in [1.54, 1.807) is 30.6 Å². The van der Waals surface area contributed by atoms with Gasteiger partial charge < -0.3 is 0 Å². The highest BCUT2D eigenvalue weighted by Gasteiger charge is 2.09. The summed E-state index contributed by atoms with van der Waals surface area (Å²) in [6.45, 7) is 1.65. The Kier molecular flexibility index (Phi) is 2.96. The summed E-state index contributed by atoms with van der Waals surface area (Å²) in [5.41, 5.74) is 0.809. The molecule has 0 spiro atoms. The second-order valence-electron chi connectivity index (χ2n) is 3.26. The fourth-order valence-corrected chi connectivity index (χ4v) is 1.71. The first-order valence-corrected chi connectivity index (χ1v) is 5.52. The van der Waals surface area contributed by atoms with E-state index in [2.05, 4.69) is 10.3 Å². The molecule has 2 aromatic rings. The second-order valence-corrected chi connectivity index (χ2v) is 4.15. The number of hydrogen-bond acceptors (Lipinski definition) is 3. The molecular weight excluding hydrogens is 227 g/mol. The summed E-state index contributed by atoms with van der Waals surface area (Å²) >= 11 is 1.32. The monoisotopic (exact) mass is 236 g/mol. The van der Waals surface area contributed by atoms with Crippen LogP contribution in [-0.4, -0.2) is 10.9 Å². The van der Waals surface area contributed by atoms with Gasteiger partial charge in [0, 0.05) is 17.1 Å². The number of nitrogens with zero attached hydrogens (tertiary/aromatic N) is 1. The zero-order valence-corrected chi connectivity index (χ0v) is 9.34. The van der Waals surface area contributed by atoms with Crippen LogP contribution < -0.4 is 5.32 Å². The Balaban J connectivity index is 2.18. The normalized spacial score (nSPS) is 10.1. The quantitative estimate of drug-likeness (QED) is 0.871. The third kappa shape index (κ3) is 2.25. The summed E-state index contributed by atoms with van der Waals surface area (Å²) < 4.78 is 13.2. The number of amides is 1. The zero-order chi connectivity index (χ0) is 11.5. The van der Waals surface area contributed by atoms with Crippen LogP contribution in [0.4, 0.5) is 9.52 Å². The molecule has 2 rings (SSSR count). The van der Waals surface area contributed by atoms with E-state index >= 15 is 0 Å². The lowest BCUT2D eigenvalue weighted by Crippen LogP contribution is -2.11. The van der Waals surface area contributed by atoms with Gasteiger partial charge in [0.15, 0.2) is 5.13 Å². The van der Waals surface area contributed by atoms with Crippen LogP contribution in [0, 0.1) is 12.7 Å². The molecule has 0 aliphatic carbocycles. The molecule has 0 saturated carbocycles. The van der Waals surface area contributed by atoms with E-state index < -0.39 is 0 Å². The zero-order valence-electron chi connectivity index (χ0n) is 8.53. The molecule has 1 heterocycles. The minimum Gasteiger partial charge on any atom is -0.298 e. The standard InChI is InChI=1S/C11H9FN2OS/c1-7-2-3-8(6-9(7)12)10(15)14-11-13-4-5-16-11/h2-6H,1H3,(H,13,14,15). The van der Waals surface area contributed by atoms with Crippen LogP contribution in [0.15, 0.2) is 29.8 Å². The number of hydrogen-bond donors (Lipinski definition) is 1. The van der Waals surface area contributed by atoms with Gasteiger partial charge in [-0.1, -0.05) is 6.07 Å². The van der Waals surface area contributed by atoms with Crippen molar-refractivity contribution in [2.45, 2.75) is 6.92 Å². The van der Waals surface area contributed by atoms with Gasteiger partial charge >= 0.3 is 0 Å². The van der Waals surface area contributed by atoms with E-state index in [1.807, 2.05) is 0 Å². The van der Waals surface area contributed by atoms with Crippen LogP contribution in [0.2, 0.25) is 0 Å². The summed E-state index contributed by atoms with van der Waals surface area (Å²) in [6, 6.07) is 4.38. The van der Waals surface area contributed by atoms with Crippen molar-refractivity contribution in [3.05, 3.63) is 46.7 Å². The number of nitrogens with one attached hydrogen (secondary N) is 1. The first-order valence-electron chi connectivity index (χ1n) is 4.64. The van der Waals surface area contributed by atoms with Crippen LogP contribution in [0.5, 0.6) is 0 Å². The van der Waals surface area contributed by atoms with Crippen molar-refractivity contribution in [2.75, 3.05) is 5.32 Å². The predicted molar refractivity (Wildman–Crippen MR) is 61.2 cm³/mol. The van der Waals surface area contributed by atoms with Crippen LogP contribution in [0.1, 0.15) is 15.9 Å². The molecule has 5 heteroatoms. The average Bonchev–Trinajstić information content (AvgIpc) is 2.74. The van der Waals surface area contributed by atoms with E-state index in [-0.39, 0.29) is 11.7 Å². The minimum absolute atomic E-state index is 0.290. The topological polar surface area (TPSA) is 42.0 Å². The largest absolute Gasteiger partial charge is 0.298 e. The fourth-order valence-electron chi connectivity index (χ4n) is 1.19. The molecule has 0 unspecified atom stereocenters. The van der Waals surface area contributed by atoms with Crippen molar-refractivity contribution in [1.29, 1.82) is 0 Å². The molecule has 16 heavy (non-hydrogen) atoms. The van der Waals surface area contributed by atoms with E-state index in [0.717, 1.165) is 0 Å². The van der Waals surface area contributed by atoms with Gasteiger partial charge in [-0.05, 0) is 24.6 Å². The van der Waals surface area contributed by atoms with E-state index in [4.69, 9.17) is 0 Å². The Labute approximate surface area is 96.0 Å². The van der Waals surface area contributed by atoms with Gasteiger partial charge in [-0.2, -0.15) is 0 Å². The number of aryl methyl sites for hydroxylation is 1. The Morgan fingerprint density at radius 2 is 2.31 bits per heavy atom. The van der Waals surface area contributed by atoms with Crippen molar-refractivity contribution in [3.8, 4) is 0 Å². The molecule has 0 saturated heterocycles. The summed E-state index contributed by atoms with van der Waals surface area (Å²) in [6.07, 6.45) is 1.59. The number of carbonyl (C=O) groups is 1. The number of benzene rings is 1. The third-order valence-electron chi connectivity index (χ3n) is 2.09. The van der Waals surface area contributed by atoms with Gasteiger partial charge in [0.2, 0.25) is 0 Å². The molecule has 1 aromatic heterocycles. The number of carbonyl (C=O) groups excluding carboxylic acids is 1. The maximum absolute atomic E-state index is 13.2. The number of halogens is 1. The lowest BCUT2D eigenvalue weighted by molar-refractivity contribution is 0.102. The summed E-state index contributed by atoms with van der Waals surface area (Å²) in [5.74, 6) is -0.736. The van der Waals surface area contributed by atoms with Crippen LogP contribution in [0.25, 0.3) is 0 Å². The number of anilines is 1. The Morgan fingerprint density at radius 3 is 2.94 bits per heavy atom. The molecule has 3 nitrogen and oxygen atoms in total. The Bertz CT molecular complexity index is 511. The fraction of sp³-hybridized carbons (Fsp3) is 0.0909. The van der Waals surface area contributed by atoms with Gasteiger partial charge in [0.1, 0.15) is 5.82 Å². The van der Waals surface area contributed by atoms with E-state index in [0.29, 0.717) is 16.3 Å². The van der Waals surface area contributed by atoms with Crippen molar-refractivity contribution < 1.29 is 9.18 Å². The van der Waals surface area contributed by atoms with Gasteiger partial charge in [0.25, 0.3) is 5.91 Å². The van der Waals surface area contributed by atoms with Crippen molar-refractivity contribution in [3.63, 3.8) is 0 Å². The minimum atomic E-state index is -0.383. The lowest BCUT2D eigenvalue weighted by Gasteiger charge is -2.02. The maximum atomic E-state index is 13.2. The van der Waals surface area contributed by atoms with Crippen molar-refractivity contribution in [1.82, 2.24) is 4.98 Å². The second kappa shape index (κ2) is 4.40. The highest BCUT2D eigenvalue weighted by molar-refractivity contribution is 7.13. The molecule has 0 aliphatic heterocycles. The van der Waals surface area contributed by atoms with Crippen LogP contribution >= 0.6 is 11.3 Å². The van der Waals surface area contributed by atoms with Gasteiger partial charge in [-0.15, -0.1) is 11.3 Å². The van der Waals surface area contributed by atoms with Gasteiger partial charge in [0.05, 0.1) is 0 Å². The SMILES string of the molecule is Cc1ccc(C(=O)Nc2nccs2)cc1F. The molecule has 0 radical (unpaired) electrons. The molecule has 0 fully saturated rings. The molecule has 1 amide bonds. The number of rotatable bonds is 2. The van der Waals surface area contributed by atoms with Crippen molar-refractivity contribution >= 4 is 22.4 Å². The summed E-state index contributed by atoms with van der Waals surface area (Å²) in [4.78, 5) is 15.6. The van der Waals surface area contributed by atoms with Gasteiger partial charge in [-0.3, -0.25) is 10.1 Å². The first-order chi connectivity index (χ1) is 7.66. The highest BCUT2D eigenvalue weighted by atomic mass is 32.1. The molecule has 82 valence electrons. The summed E-state index contributed by atoms with van der Waals surface area (Å²) in [7, 11) is 0. The van der Waals surface area contributed by atoms with Crippen molar-refractivity contribution in [2.24, 2.45) is 0 Å². The average molecular weight is 236 g/mol. The number of thiazole rings is 1. The maximum Gasteiger partial charge on any atom is 0.257 e. The number of aromatic nitrogens is 1. The van der Waals surface area contributed by atoms with E-state index in [9.17, 15) is 9.18 Å². The van der Waals surface area contributed by atoms with Crippen LogP contribution in [-0.2, 0) is 0 Å². The van der Waals surface area contributed by atoms with E-state index in [1.165, 1.54) is 17.4 Å². The highest BCUT2D eigenvalue weighted by Crippen LogP contribution is 2.14. The Hall–Kier alpha value is -1.75. The molecule has 0 bridgehead atoms. The predicted octanol–water partition coefficient (Wildman–Crippen LogP) is 2.84. The molecular formula is C11H9FN2OS.